The first-order chi connectivity index (χ1) is 7.81. The fourth-order valence-corrected chi connectivity index (χ4v) is 2.48. The van der Waals surface area contributed by atoms with Gasteiger partial charge in [-0.1, -0.05) is 24.3 Å². The highest BCUT2D eigenvalue weighted by molar-refractivity contribution is 6.11. The van der Waals surface area contributed by atoms with Gasteiger partial charge in [0.1, 0.15) is 5.75 Å². The second-order valence-corrected chi connectivity index (χ2v) is 4.07. The number of ketones is 1. The Morgan fingerprint density at radius 3 is 2.81 bits per heavy atom. The summed E-state index contributed by atoms with van der Waals surface area (Å²) in [6, 6.07) is 9.89. The summed E-state index contributed by atoms with van der Waals surface area (Å²) in [5.41, 5.74) is 2.02. The molecule has 2 aromatic rings. The highest BCUT2D eigenvalue weighted by Crippen LogP contribution is 2.35. The van der Waals surface area contributed by atoms with E-state index in [9.17, 15) is 4.79 Å². The van der Waals surface area contributed by atoms with Crippen molar-refractivity contribution < 1.29 is 9.53 Å². The summed E-state index contributed by atoms with van der Waals surface area (Å²) >= 11 is 0. The summed E-state index contributed by atoms with van der Waals surface area (Å²) in [6.07, 6.45) is 1.38. The Hall–Kier alpha value is -1.83. The molecular weight excluding hydrogens is 200 g/mol. The zero-order valence-electron chi connectivity index (χ0n) is 9.12. The van der Waals surface area contributed by atoms with Gasteiger partial charge < -0.3 is 4.74 Å². The molecule has 0 atom stereocenters. The lowest BCUT2D eigenvalue weighted by Gasteiger charge is -2.18. The average Bonchev–Trinajstić information content (AvgIpc) is 2.34. The first-order valence-electron chi connectivity index (χ1n) is 5.43. The molecule has 16 heavy (non-hydrogen) atoms. The van der Waals surface area contributed by atoms with Crippen molar-refractivity contribution in [3.63, 3.8) is 0 Å². The molecule has 0 saturated carbocycles. The van der Waals surface area contributed by atoms with Crippen LogP contribution in [0.2, 0.25) is 0 Å². The van der Waals surface area contributed by atoms with Gasteiger partial charge in [-0.15, -0.1) is 0 Å². The number of rotatable bonds is 1. The van der Waals surface area contributed by atoms with E-state index >= 15 is 0 Å². The molecule has 2 heteroatoms. The minimum absolute atomic E-state index is 0.242. The van der Waals surface area contributed by atoms with Crippen molar-refractivity contribution >= 4 is 16.6 Å². The number of methoxy groups -OCH3 is 1. The molecule has 1 aliphatic rings. The summed E-state index contributed by atoms with van der Waals surface area (Å²) in [7, 11) is 1.68. The smallest absolute Gasteiger partial charge is 0.163 e. The molecule has 80 valence electrons. The van der Waals surface area contributed by atoms with Gasteiger partial charge in [-0.3, -0.25) is 4.79 Å². The van der Waals surface area contributed by atoms with Gasteiger partial charge in [0.25, 0.3) is 0 Å². The SMILES string of the molecule is COc1ccc2cccc3c2c1CCC3=O. The number of benzene rings is 2. The number of hydrogen-bond acceptors (Lipinski definition) is 2. The summed E-state index contributed by atoms with van der Waals surface area (Å²) in [6.45, 7) is 0. The van der Waals surface area contributed by atoms with Gasteiger partial charge in [-0.2, -0.15) is 0 Å². The fraction of sp³-hybridized carbons (Fsp3) is 0.214. The van der Waals surface area contributed by atoms with Gasteiger partial charge in [0.2, 0.25) is 0 Å². The van der Waals surface area contributed by atoms with E-state index in [1.807, 2.05) is 30.3 Å². The first-order valence-corrected chi connectivity index (χ1v) is 5.43. The van der Waals surface area contributed by atoms with Crippen LogP contribution in [-0.4, -0.2) is 12.9 Å². The van der Waals surface area contributed by atoms with E-state index in [1.54, 1.807) is 7.11 Å². The van der Waals surface area contributed by atoms with Gasteiger partial charge in [0.15, 0.2) is 5.78 Å². The molecule has 0 fully saturated rings. The van der Waals surface area contributed by atoms with Crippen LogP contribution in [0.1, 0.15) is 22.3 Å². The third-order valence-corrected chi connectivity index (χ3v) is 3.23. The Kier molecular flexibility index (Phi) is 1.96. The third kappa shape index (κ3) is 1.16. The Labute approximate surface area is 93.8 Å². The predicted octanol–water partition coefficient (Wildman–Crippen LogP) is 2.98. The van der Waals surface area contributed by atoms with Crippen LogP contribution in [0.4, 0.5) is 0 Å². The normalized spacial score (nSPS) is 14.2. The van der Waals surface area contributed by atoms with Crippen LogP contribution in [0, 0.1) is 0 Å². The van der Waals surface area contributed by atoms with Crippen molar-refractivity contribution in [1.29, 1.82) is 0 Å². The minimum atomic E-state index is 0.242. The number of Topliss-reactive ketones (excluding diaryl/α,β-unsaturated/α-hetero) is 1. The second-order valence-electron chi connectivity index (χ2n) is 4.07. The largest absolute Gasteiger partial charge is 0.496 e. The highest BCUT2D eigenvalue weighted by Gasteiger charge is 2.21. The van der Waals surface area contributed by atoms with Gasteiger partial charge in [-0.05, 0) is 23.3 Å². The monoisotopic (exact) mass is 212 g/mol. The van der Waals surface area contributed by atoms with Gasteiger partial charge in [-0.25, -0.2) is 0 Å². The Balaban J connectivity index is 2.46. The second kappa shape index (κ2) is 3.34. The standard InChI is InChI=1S/C14H12O2/c1-16-13-8-5-9-3-2-4-10-12(15)7-6-11(13)14(9)10/h2-5,8H,6-7H2,1H3. The summed E-state index contributed by atoms with van der Waals surface area (Å²) in [5, 5.41) is 2.21. The fourth-order valence-electron chi connectivity index (χ4n) is 2.48. The summed E-state index contributed by atoms with van der Waals surface area (Å²) in [4.78, 5) is 11.8. The van der Waals surface area contributed by atoms with Crippen molar-refractivity contribution in [1.82, 2.24) is 0 Å². The maximum Gasteiger partial charge on any atom is 0.163 e. The van der Waals surface area contributed by atoms with Gasteiger partial charge in [0.05, 0.1) is 7.11 Å². The van der Waals surface area contributed by atoms with Crippen LogP contribution in [0.15, 0.2) is 30.3 Å². The molecule has 0 saturated heterocycles. The van der Waals surface area contributed by atoms with E-state index in [2.05, 4.69) is 0 Å². The molecule has 0 radical (unpaired) electrons. The topological polar surface area (TPSA) is 26.3 Å². The quantitative estimate of drug-likeness (QED) is 0.726. The maximum atomic E-state index is 11.8. The van der Waals surface area contributed by atoms with Crippen LogP contribution in [0.3, 0.4) is 0 Å². The summed E-state index contributed by atoms with van der Waals surface area (Å²) in [5.74, 6) is 1.14. The number of carbonyl (C=O) groups is 1. The molecule has 2 nitrogen and oxygen atoms in total. The van der Waals surface area contributed by atoms with Gasteiger partial charge >= 0.3 is 0 Å². The number of carbonyl (C=O) groups excluding carboxylic acids is 1. The van der Waals surface area contributed by atoms with E-state index in [-0.39, 0.29) is 5.78 Å². The molecule has 0 aromatic heterocycles. The molecule has 0 aliphatic heterocycles. The Morgan fingerprint density at radius 2 is 2.00 bits per heavy atom. The van der Waals surface area contributed by atoms with Crippen molar-refractivity contribution in [2.75, 3.05) is 7.11 Å². The van der Waals surface area contributed by atoms with Crippen LogP contribution in [0.25, 0.3) is 10.8 Å². The van der Waals surface area contributed by atoms with Crippen LogP contribution in [0.5, 0.6) is 5.75 Å². The number of ether oxygens (including phenoxy) is 1. The van der Waals surface area contributed by atoms with Crippen molar-refractivity contribution in [2.24, 2.45) is 0 Å². The third-order valence-electron chi connectivity index (χ3n) is 3.23. The van der Waals surface area contributed by atoms with Crippen molar-refractivity contribution in [2.45, 2.75) is 12.8 Å². The van der Waals surface area contributed by atoms with Crippen LogP contribution >= 0.6 is 0 Å². The molecule has 0 amide bonds. The minimum Gasteiger partial charge on any atom is -0.496 e. The highest BCUT2D eigenvalue weighted by atomic mass is 16.5. The van der Waals surface area contributed by atoms with E-state index in [4.69, 9.17) is 4.74 Å². The van der Waals surface area contributed by atoms with Crippen molar-refractivity contribution in [3.05, 3.63) is 41.5 Å². The lowest BCUT2D eigenvalue weighted by Crippen LogP contribution is -2.10. The number of aryl methyl sites for hydroxylation is 1. The molecule has 1 aliphatic carbocycles. The Bertz CT molecular complexity index is 585. The van der Waals surface area contributed by atoms with E-state index in [0.29, 0.717) is 6.42 Å². The zero-order chi connectivity index (χ0) is 11.1. The zero-order valence-corrected chi connectivity index (χ0v) is 9.12. The molecule has 0 N–H and O–H groups in total. The molecule has 0 unspecified atom stereocenters. The molecule has 0 bridgehead atoms. The van der Waals surface area contributed by atoms with E-state index in [0.717, 1.165) is 28.5 Å². The van der Waals surface area contributed by atoms with E-state index in [1.165, 1.54) is 5.56 Å². The summed E-state index contributed by atoms with van der Waals surface area (Å²) < 4.78 is 5.36. The first kappa shape index (κ1) is 9.40. The van der Waals surface area contributed by atoms with Gasteiger partial charge in [0, 0.05) is 17.5 Å². The molecule has 2 aromatic carbocycles. The predicted molar refractivity (Wildman–Crippen MR) is 63.2 cm³/mol. The number of hydrogen-bond donors (Lipinski definition) is 0. The average molecular weight is 212 g/mol. The maximum absolute atomic E-state index is 11.8. The molecular formula is C14H12O2. The van der Waals surface area contributed by atoms with Crippen LogP contribution < -0.4 is 4.74 Å². The lowest BCUT2D eigenvalue weighted by atomic mass is 9.87. The van der Waals surface area contributed by atoms with Crippen LogP contribution in [-0.2, 0) is 6.42 Å². The Morgan fingerprint density at radius 1 is 1.12 bits per heavy atom. The molecule has 3 rings (SSSR count). The lowest BCUT2D eigenvalue weighted by molar-refractivity contribution is 0.0981. The molecule has 0 heterocycles. The molecule has 0 spiro atoms. The van der Waals surface area contributed by atoms with E-state index < -0.39 is 0 Å². The van der Waals surface area contributed by atoms with Crippen molar-refractivity contribution in [3.8, 4) is 5.75 Å².